The van der Waals surface area contributed by atoms with Crippen LogP contribution in [0.4, 0.5) is 0 Å². The van der Waals surface area contributed by atoms with Crippen LogP contribution in [0.1, 0.15) is 206 Å². The molecule has 0 radical (unpaired) electrons. The zero-order valence-corrected chi connectivity index (χ0v) is 44.7. The molecule has 1 amide bonds. The van der Waals surface area contributed by atoms with Gasteiger partial charge in [-0.1, -0.05) is 203 Å². The Morgan fingerprint density at radius 1 is 0.514 bits per heavy atom. The largest absolute Gasteiger partial charge is 0.394 e. The van der Waals surface area contributed by atoms with Crippen molar-refractivity contribution >= 4 is 5.91 Å². The number of amides is 1. The Bertz CT molecular complexity index is 1440. The Labute approximate surface area is 435 Å². The lowest BCUT2D eigenvalue weighted by Gasteiger charge is -2.46. The topological polar surface area (TPSA) is 228 Å². The summed E-state index contributed by atoms with van der Waals surface area (Å²) in [6, 6.07) is -0.921. The lowest BCUT2D eigenvalue weighted by atomic mass is 9.97. The highest BCUT2D eigenvalue weighted by Gasteiger charge is 2.51. The first-order chi connectivity index (χ1) is 35.1. The highest BCUT2D eigenvalue weighted by molar-refractivity contribution is 5.76. The van der Waals surface area contributed by atoms with Gasteiger partial charge < -0.3 is 65.1 Å². The van der Waals surface area contributed by atoms with Gasteiger partial charge in [0.25, 0.3) is 0 Å². The average molecular weight is 1020 g/mol. The van der Waals surface area contributed by atoms with E-state index >= 15 is 0 Å². The number of hydrogen-bond acceptors (Lipinski definition) is 13. The second-order valence-electron chi connectivity index (χ2n) is 20.0. The molecule has 0 bridgehead atoms. The minimum Gasteiger partial charge on any atom is -0.394 e. The molecule has 12 unspecified atom stereocenters. The number of carbonyl (C=O) groups is 1. The first-order valence-electron chi connectivity index (χ1n) is 28.5. The van der Waals surface area contributed by atoms with Crippen LogP contribution in [0, 0.1) is 0 Å². The maximum absolute atomic E-state index is 13.2. The molecular weight excluding hydrogens is 919 g/mol. The fraction of sp³-hybridized carbons (Fsp3) is 0.810. The van der Waals surface area contributed by atoms with Crippen molar-refractivity contribution in [3.05, 3.63) is 60.8 Å². The number of aliphatic hydroxyl groups is 8. The molecule has 14 nitrogen and oxygen atoms in total. The zero-order chi connectivity index (χ0) is 52.4. The van der Waals surface area contributed by atoms with E-state index in [1.807, 2.05) is 6.08 Å². The van der Waals surface area contributed by atoms with Crippen LogP contribution in [0.3, 0.4) is 0 Å². The van der Waals surface area contributed by atoms with Gasteiger partial charge in [0.1, 0.15) is 48.8 Å². The third-order valence-corrected chi connectivity index (χ3v) is 13.7. The molecule has 72 heavy (non-hydrogen) atoms. The molecule has 2 rings (SSSR count). The Balaban J connectivity index is 1.80. The number of hydrogen-bond donors (Lipinski definition) is 9. The number of allylic oxidation sites excluding steroid dienone is 9. The van der Waals surface area contributed by atoms with Crippen molar-refractivity contribution < 1.29 is 64.6 Å². The fourth-order valence-corrected chi connectivity index (χ4v) is 9.11. The number of unbranched alkanes of at least 4 members (excludes halogenated alkanes) is 23. The van der Waals surface area contributed by atoms with Crippen molar-refractivity contribution in [2.45, 2.75) is 280 Å². The first-order valence-corrected chi connectivity index (χ1v) is 28.5. The van der Waals surface area contributed by atoms with Gasteiger partial charge in [-0.2, -0.15) is 0 Å². The van der Waals surface area contributed by atoms with Crippen LogP contribution < -0.4 is 5.32 Å². The molecule has 2 aliphatic rings. The summed E-state index contributed by atoms with van der Waals surface area (Å²) in [7, 11) is 0. The van der Waals surface area contributed by atoms with E-state index in [4.69, 9.17) is 18.9 Å². The van der Waals surface area contributed by atoms with Crippen molar-refractivity contribution in [2.75, 3.05) is 19.8 Å². The smallest absolute Gasteiger partial charge is 0.220 e. The molecule has 0 aromatic carbocycles. The van der Waals surface area contributed by atoms with Crippen LogP contribution in [-0.2, 0) is 23.7 Å². The third kappa shape index (κ3) is 29.7. The fourth-order valence-electron chi connectivity index (χ4n) is 9.11. The van der Waals surface area contributed by atoms with Crippen LogP contribution in [0.25, 0.3) is 0 Å². The number of aliphatic hydroxyl groups excluding tert-OH is 8. The SMILES string of the molecule is CC/C=C\C/C=C\C/C=C\C/C=C\CCCCCCCCCCC(=O)NC(COC1OC(CO)C(OC2OC(CO)C(O)C(O)C2O)C(O)C1O)C(O)/C=C/CCCCCCCCCCCCCCCCC. The summed E-state index contributed by atoms with van der Waals surface area (Å²) in [5, 5.41) is 87.0. The molecule has 2 heterocycles. The second-order valence-corrected chi connectivity index (χ2v) is 20.0. The minimum atomic E-state index is -1.79. The number of ether oxygens (including phenoxy) is 4. The van der Waals surface area contributed by atoms with Crippen LogP contribution in [-0.4, -0.2) is 140 Å². The molecule has 0 spiro atoms. The number of carbonyl (C=O) groups excluding carboxylic acids is 1. The molecule has 9 N–H and O–H groups in total. The van der Waals surface area contributed by atoms with Gasteiger partial charge in [0.2, 0.25) is 5.91 Å². The van der Waals surface area contributed by atoms with Crippen LogP contribution >= 0.6 is 0 Å². The third-order valence-electron chi connectivity index (χ3n) is 13.7. The molecule has 0 aromatic heterocycles. The highest BCUT2D eigenvalue weighted by Crippen LogP contribution is 2.30. The molecule has 2 aliphatic heterocycles. The number of rotatable bonds is 44. The van der Waals surface area contributed by atoms with E-state index in [0.29, 0.717) is 6.42 Å². The summed E-state index contributed by atoms with van der Waals surface area (Å²) in [5.41, 5.74) is 0. The van der Waals surface area contributed by atoms with Gasteiger partial charge in [-0.25, -0.2) is 0 Å². The molecular formula is C58H103NO13. The van der Waals surface area contributed by atoms with Gasteiger partial charge in [0.05, 0.1) is 32.0 Å². The summed E-state index contributed by atoms with van der Waals surface area (Å²) in [6.45, 7) is 2.68. The molecule has 2 fully saturated rings. The molecule has 12 atom stereocenters. The van der Waals surface area contributed by atoms with Crippen LogP contribution in [0.5, 0.6) is 0 Å². The summed E-state index contributed by atoms with van der Waals surface area (Å²) in [4.78, 5) is 13.2. The molecule has 0 saturated carbocycles. The van der Waals surface area contributed by atoms with Gasteiger partial charge in [-0.05, 0) is 57.8 Å². The van der Waals surface area contributed by atoms with E-state index in [9.17, 15) is 45.6 Å². The van der Waals surface area contributed by atoms with Gasteiger partial charge in [-0.3, -0.25) is 4.79 Å². The predicted molar refractivity (Wildman–Crippen MR) is 286 cm³/mol. The van der Waals surface area contributed by atoms with E-state index < -0.39 is 86.8 Å². The summed E-state index contributed by atoms with van der Waals surface area (Å²) >= 11 is 0. The van der Waals surface area contributed by atoms with Gasteiger partial charge in [-0.15, -0.1) is 0 Å². The summed E-state index contributed by atoms with van der Waals surface area (Å²) in [6.07, 6.45) is 38.2. The lowest BCUT2D eigenvalue weighted by Crippen LogP contribution is -2.65. The highest BCUT2D eigenvalue weighted by atomic mass is 16.7. The average Bonchev–Trinajstić information content (AvgIpc) is 3.38. The van der Waals surface area contributed by atoms with Crippen molar-refractivity contribution in [1.29, 1.82) is 0 Å². The Kier molecular flexibility index (Phi) is 40.1. The monoisotopic (exact) mass is 1020 g/mol. The van der Waals surface area contributed by atoms with Gasteiger partial charge in [0.15, 0.2) is 12.6 Å². The van der Waals surface area contributed by atoms with E-state index in [0.717, 1.165) is 70.6 Å². The van der Waals surface area contributed by atoms with E-state index in [1.165, 1.54) is 109 Å². The lowest BCUT2D eigenvalue weighted by molar-refractivity contribution is -0.359. The van der Waals surface area contributed by atoms with Crippen molar-refractivity contribution in [1.82, 2.24) is 5.32 Å². The Morgan fingerprint density at radius 2 is 0.958 bits per heavy atom. The van der Waals surface area contributed by atoms with E-state index in [1.54, 1.807) is 6.08 Å². The second kappa shape index (κ2) is 43.9. The number of nitrogens with one attached hydrogen (secondary N) is 1. The molecule has 14 heteroatoms. The molecule has 418 valence electrons. The zero-order valence-electron chi connectivity index (χ0n) is 44.7. The summed E-state index contributed by atoms with van der Waals surface area (Å²) in [5.74, 6) is -0.249. The van der Waals surface area contributed by atoms with E-state index in [-0.39, 0.29) is 18.9 Å². The van der Waals surface area contributed by atoms with Crippen molar-refractivity contribution in [2.24, 2.45) is 0 Å². The van der Waals surface area contributed by atoms with Crippen LogP contribution in [0.15, 0.2) is 60.8 Å². The molecule has 0 aliphatic carbocycles. The normalized spacial score (nSPS) is 26.0. The molecule has 0 aromatic rings. The maximum Gasteiger partial charge on any atom is 0.220 e. The van der Waals surface area contributed by atoms with Gasteiger partial charge in [0, 0.05) is 6.42 Å². The molecule has 2 saturated heterocycles. The van der Waals surface area contributed by atoms with E-state index in [2.05, 4.69) is 67.8 Å². The van der Waals surface area contributed by atoms with Crippen molar-refractivity contribution in [3.63, 3.8) is 0 Å². The van der Waals surface area contributed by atoms with Crippen molar-refractivity contribution in [3.8, 4) is 0 Å². The quantitative estimate of drug-likeness (QED) is 0.0205. The maximum atomic E-state index is 13.2. The predicted octanol–water partition coefficient (Wildman–Crippen LogP) is 9.00. The van der Waals surface area contributed by atoms with Gasteiger partial charge >= 0.3 is 0 Å². The standard InChI is InChI=1S/C58H103NO13/c1-3-5-7-9-11-13-15-17-19-21-22-23-24-26-28-30-32-34-36-38-40-42-50(63)59-46(47(62)41-39-37-35-33-31-29-27-25-20-18-16-14-12-10-8-6-4-2)45-69-57-55(68)53(66)56(49(44-61)71-57)72-58-54(67)52(65)51(64)48(43-60)70-58/h5,7,11,13,17,19,22-23,39,41,46-49,51-58,60-62,64-68H,3-4,6,8-10,12,14-16,18,20-21,24-38,40,42-45H2,1-2H3,(H,59,63)/b7-5-,13-11-,19-17-,23-22-,41-39+. The van der Waals surface area contributed by atoms with Crippen LogP contribution in [0.2, 0.25) is 0 Å². The Morgan fingerprint density at radius 3 is 1.47 bits per heavy atom. The Hall–Kier alpha value is -2.31. The minimum absolute atomic E-state index is 0.249. The first kappa shape index (κ1) is 65.8. The summed E-state index contributed by atoms with van der Waals surface area (Å²) < 4.78 is 22.8.